The second-order valence-electron chi connectivity index (χ2n) is 8.54. The van der Waals surface area contributed by atoms with Crippen LogP contribution < -0.4 is 15.4 Å². The van der Waals surface area contributed by atoms with Crippen molar-refractivity contribution in [3.63, 3.8) is 0 Å². The van der Waals surface area contributed by atoms with Crippen molar-refractivity contribution in [2.75, 3.05) is 12.4 Å². The standard InChI is InChI=1S/C27H25N9O2/c1-16-10-23(33-24-11-17(2)35-36-24)34-26(32-16)20-5-8-22(29-15-20)27(37)31-13-18-4-7-21(28-12-18)19-6-9-25(38-3)30-14-19/h4-12,14-15H,13H2,1-3H3,(H,31,37)(H2,32,33,34,35,36). The number of ether oxygens (including phenoxy) is 1. The molecule has 5 heterocycles. The molecule has 0 bridgehead atoms. The fourth-order valence-corrected chi connectivity index (χ4v) is 3.66. The van der Waals surface area contributed by atoms with E-state index in [9.17, 15) is 4.79 Å². The quantitative estimate of drug-likeness (QED) is 0.284. The van der Waals surface area contributed by atoms with Gasteiger partial charge in [-0.25, -0.2) is 15.0 Å². The van der Waals surface area contributed by atoms with Crippen molar-refractivity contribution in [2.24, 2.45) is 0 Å². The molecule has 0 fully saturated rings. The first kappa shape index (κ1) is 24.5. The Kier molecular flexibility index (Phi) is 6.98. The molecule has 0 saturated heterocycles. The highest BCUT2D eigenvalue weighted by Crippen LogP contribution is 2.21. The van der Waals surface area contributed by atoms with Gasteiger partial charge in [-0.05, 0) is 43.7 Å². The third-order valence-electron chi connectivity index (χ3n) is 5.59. The number of aromatic nitrogens is 7. The Labute approximate surface area is 218 Å². The minimum atomic E-state index is -0.290. The fraction of sp³-hybridized carbons (Fsp3) is 0.148. The summed E-state index contributed by atoms with van der Waals surface area (Å²) in [5, 5.41) is 13.1. The molecule has 11 nitrogen and oxygen atoms in total. The average Bonchev–Trinajstić information content (AvgIpc) is 3.36. The van der Waals surface area contributed by atoms with E-state index in [2.05, 4.69) is 45.8 Å². The maximum Gasteiger partial charge on any atom is 0.270 e. The number of nitrogens with one attached hydrogen (secondary N) is 3. The summed E-state index contributed by atoms with van der Waals surface area (Å²) in [5.41, 5.74) is 5.23. The van der Waals surface area contributed by atoms with Crippen LogP contribution in [0.15, 0.2) is 67.1 Å². The van der Waals surface area contributed by atoms with Crippen LogP contribution >= 0.6 is 0 Å². The molecule has 0 spiro atoms. The van der Waals surface area contributed by atoms with Crippen LogP contribution in [-0.2, 0) is 6.54 Å². The number of methoxy groups -OCH3 is 1. The van der Waals surface area contributed by atoms with Crippen molar-refractivity contribution in [3.05, 3.63) is 89.8 Å². The maximum absolute atomic E-state index is 12.7. The lowest BCUT2D eigenvalue weighted by Gasteiger charge is -2.08. The second kappa shape index (κ2) is 10.8. The lowest BCUT2D eigenvalue weighted by molar-refractivity contribution is 0.0946. The van der Waals surface area contributed by atoms with E-state index >= 15 is 0 Å². The third-order valence-corrected chi connectivity index (χ3v) is 5.59. The van der Waals surface area contributed by atoms with Crippen LogP contribution in [0.1, 0.15) is 27.4 Å². The van der Waals surface area contributed by atoms with Gasteiger partial charge >= 0.3 is 0 Å². The van der Waals surface area contributed by atoms with Gasteiger partial charge in [-0.3, -0.25) is 19.9 Å². The van der Waals surface area contributed by atoms with Crippen molar-refractivity contribution in [1.29, 1.82) is 0 Å². The minimum absolute atomic E-state index is 0.290. The zero-order valence-corrected chi connectivity index (χ0v) is 21.1. The minimum Gasteiger partial charge on any atom is -0.481 e. The molecule has 11 heteroatoms. The van der Waals surface area contributed by atoms with Gasteiger partial charge in [-0.15, -0.1) is 0 Å². The lowest BCUT2D eigenvalue weighted by atomic mass is 10.1. The van der Waals surface area contributed by atoms with Crippen molar-refractivity contribution >= 4 is 17.5 Å². The molecule has 5 aromatic rings. The zero-order chi connectivity index (χ0) is 26.5. The van der Waals surface area contributed by atoms with Crippen LogP contribution in [0.3, 0.4) is 0 Å². The summed E-state index contributed by atoms with van der Waals surface area (Å²) >= 11 is 0. The molecular weight excluding hydrogens is 482 g/mol. The topological polar surface area (TPSA) is 143 Å². The number of hydrogen-bond donors (Lipinski definition) is 3. The number of carbonyl (C=O) groups excluding carboxylic acids is 1. The monoisotopic (exact) mass is 507 g/mol. The van der Waals surface area contributed by atoms with Crippen LogP contribution in [-0.4, -0.2) is 48.1 Å². The van der Waals surface area contributed by atoms with Gasteiger partial charge in [-0.1, -0.05) is 6.07 Å². The largest absolute Gasteiger partial charge is 0.481 e. The van der Waals surface area contributed by atoms with Crippen LogP contribution in [0.2, 0.25) is 0 Å². The van der Waals surface area contributed by atoms with Gasteiger partial charge in [0.25, 0.3) is 5.91 Å². The van der Waals surface area contributed by atoms with E-state index in [1.165, 1.54) is 0 Å². The summed E-state index contributed by atoms with van der Waals surface area (Å²) in [7, 11) is 1.57. The number of aryl methyl sites for hydroxylation is 2. The van der Waals surface area contributed by atoms with Gasteiger partial charge in [0.05, 0.1) is 12.8 Å². The van der Waals surface area contributed by atoms with E-state index in [-0.39, 0.29) is 5.91 Å². The number of anilines is 2. The molecule has 5 aromatic heterocycles. The van der Waals surface area contributed by atoms with Gasteiger partial charge in [0.1, 0.15) is 11.5 Å². The Morgan fingerprint density at radius 2 is 1.74 bits per heavy atom. The first-order valence-electron chi connectivity index (χ1n) is 11.8. The Morgan fingerprint density at radius 1 is 0.895 bits per heavy atom. The molecule has 5 rings (SSSR count). The van der Waals surface area contributed by atoms with Crippen molar-refractivity contribution in [1.82, 2.24) is 40.4 Å². The molecule has 38 heavy (non-hydrogen) atoms. The molecule has 0 atom stereocenters. The third kappa shape index (κ3) is 5.78. The number of hydrogen-bond acceptors (Lipinski definition) is 9. The number of amides is 1. The van der Waals surface area contributed by atoms with Gasteiger partial charge in [0.15, 0.2) is 11.6 Å². The normalized spacial score (nSPS) is 10.7. The van der Waals surface area contributed by atoms with E-state index in [4.69, 9.17) is 4.74 Å². The predicted molar refractivity (Wildman–Crippen MR) is 142 cm³/mol. The number of carbonyl (C=O) groups is 1. The van der Waals surface area contributed by atoms with Gasteiger partial charge in [0.2, 0.25) is 5.88 Å². The summed E-state index contributed by atoms with van der Waals surface area (Å²) in [6.07, 6.45) is 5.02. The predicted octanol–water partition coefficient (Wildman–Crippen LogP) is 4.02. The Bertz CT molecular complexity index is 1550. The number of aromatic amines is 1. The maximum atomic E-state index is 12.7. The number of rotatable bonds is 8. The molecule has 0 aliphatic rings. The van der Waals surface area contributed by atoms with E-state index in [0.717, 1.165) is 28.2 Å². The van der Waals surface area contributed by atoms with Crippen molar-refractivity contribution < 1.29 is 9.53 Å². The first-order valence-corrected chi connectivity index (χ1v) is 11.8. The van der Waals surface area contributed by atoms with E-state index in [1.54, 1.807) is 43.9 Å². The van der Waals surface area contributed by atoms with E-state index in [0.29, 0.717) is 41.1 Å². The highest BCUT2D eigenvalue weighted by molar-refractivity contribution is 5.92. The zero-order valence-electron chi connectivity index (χ0n) is 21.1. The average molecular weight is 508 g/mol. The van der Waals surface area contributed by atoms with E-state index in [1.807, 2.05) is 44.2 Å². The van der Waals surface area contributed by atoms with Gasteiger partial charge in [0, 0.05) is 65.8 Å². The Hall–Kier alpha value is -5.19. The molecule has 0 aliphatic heterocycles. The van der Waals surface area contributed by atoms with Gasteiger partial charge < -0.3 is 15.4 Å². The Balaban J connectivity index is 1.21. The van der Waals surface area contributed by atoms with Crippen molar-refractivity contribution in [3.8, 4) is 28.5 Å². The molecule has 0 unspecified atom stereocenters. The first-order chi connectivity index (χ1) is 18.5. The lowest BCUT2D eigenvalue weighted by Crippen LogP contribution is -2.23. The molecule has 190 valence electrons. The molecule has 0 radical (unpaired) electrons. The fourth-order valence-electron chi connectivity index (χ4n) is 3.66. The van der Waals surface area contributed by atoms with Crippen LogP contribution in [0.5, 0.6) is 5.88 Å². The van der Waals surface area contributed by atoms with Crippen molar-refractivity contribution in [2.45, 2.75) is 20.4 Å². The number of nitrogens with zero attached hydrogens (tertiary/aromatic N) is 6. The molecule has 0 saturated carbocycles. The van der Waals surface area contributed by atoms with Crippen LogP contribution in [0, 0.1) is 13.8 Å². The SMILES string of the molecule is COc1ccc(-c2ccc(CNC(=O)c3ccc(-c4nc(C)cc(Nc5cc(C)[nH]n5)n4)cn3)cn2)cn1. The van der Waals surface area contributed by atoms with Crippen LogP contribution in [0.25, 0.3) is 22.6 Å². The van der Waals surface area contributed by atoms with Crippen LogP contribution in [0.4, 0.5) is 11.6 Å². The molecule has 0 aromatic carbocycles. The number of pyridine rings is 3. The number of H-pyrrole nitrogens is 1. The summed E-state index contributed by atoms with van der Waals surface area (Å²) in [5.74, 6) is 2.03. The highest BCUT2D eigenvalue weighted by atomic mass is 16.5. The molecular formula is C27H25N9O2. The summed E-state index contributed by atoms with van der Waals surface area (Å²) < 4.78 is 5.09. The van der Waals surface area contributed by atoms with E-state index < -0.39 is 0 Å². The smallest absolute Gasteiger partial charge is 0.270 e. The molecule has 3 N–H and O–H groups in total. The van der Waals surface area contributed by atoms with Gasteiger partial charge in [-0.2, -0.15) is 5.10 Å². The summed E-state index contributed by atoms with van der Waals surface area (Å²) in [6, 6.07) is 14.6. The molecule has 1 amide bonds. The molecule has 0 aliphatic carbocycles. The highest BCUT2D eigenvalue weighted by Gasteiger charge is 2.11. The Morgan fingerprint density at radius 3 is 2.39 bits per heavy atom. The summed E-state index contributed by atoms with van der Waals surface area (Å²) in [4.78, 5) is 34.7. The second-order valence-corrected chi connectivity index (χ2v) is 8.54. The summed E-state index contributed by atoms with van der Waals surface area (Å²) in [6.45, 7) is 4.13.